The number of nitrogens with zero attached hydrogens (tertiary/aromatic N) is 1. The minimum Gasteiger partial charge on any atom is -0.389 e. The zero-order valence-corrected chi connectivity index (χ0v) is 20.3. The Hall–Kier alpha value is -2.84. The molecule has 1 saturated heterocycles. The highest BCUT2D eigenvalue weighted by Crippen LogP contribution is 2.46. The number of carbonyl (C=O) groups excluding carboxylic acids is 2. The lowest BCUT2D eigenvalue weighted by atomic mass is 9.64. The van der Waals surface area contributed by atoms with Crippen molar-refractivity contribution in [2.24, 2.45) is 11.3 Å². The van der Waals surface area contributed by atoms with Crippen molar-refractivity contribution in [3.05, 3.63) is 71.3 Å². The molecule has 3 unspecified atom stereocenters. The van der Waals surface area contributed by atoms with Crippen LogP contribution < -0.4 is 5.32 Å². The van der Waals surface area contributed by atoms with Crippen molar-refractivity contribution in [2.75, 3.05) is 13.2 Å². The number of halogens is 2. The van der Waals surface area contributed by atoms with Gasteiger partial charge in [-0.1, -0.05) is 45.0 Å². The Balaban J connectivity index is 1.45. The molecule has 1 aliphatic carbocycles. The average molecular weight is 487 g/mol. The van der Waals surface area contributed by atoms with Crippen molar-refractivity contribution >= 4 is 11.9 Å². The topological polar surface area (TPSA) is 78.9 Å². The summed E-state index contributed by atoms with van der Waals surface area (Å²) in [4.78, 5) is 27.1. The van der Waals surface area contributed by atoms with Gasteiger partial charge in [-0.05, 0) is 66.0 Å². The van der Waals surface area contributed by atoms with E-state index in [1.54, 1.807) is 24.3 Å². The third-order valence-electron chi connectivity index (χ3n) is 6.82. The van der Waals surface area contributed by atoms with Crippen molar-refractivity contribution in [1.29, 1.82) is 0 Å². The number of hydrogen-bond acceptors (Lipinski definition) is 4. The quantitative estimate of drug-likeness (QED) is 0.562. The van der Waals surface area contributed by atoms with E-state index in [1.165, 1.54) is 24.3 Å². The van der Waals surface area contributed by atoms with Crippen LogP contribution in [-0.2, 0) is 9.53 Å². The molecule has 188 valence electrons. The van der Waals surface area contributed by atoms with E-state index in [0.29, 0.717) is 24.0 Å². The Kier molecular flexibility index (Phi) is 6.97. The molecular weight excluding hydrogens is 454 g/mol. The summed E-state index contributed by atoms with van der Waals surface area (Å²) < 4.78 is 32.8. The molecule has 8 heteroatoms. The second-order valence-electron chi connectivity index (χ2n) is 10.8. The van der Waals surface area contributed by atoms with Gasteiger partial charge in [0.05, 0.1) is 19.3 Å². The van der Waals surface area contributed by atoms with E-state index in [0.717, 1.165) is 11.3 Å². The number of rotatable bonds is 7. The number of amides is 3. The molecule has 0 bridgehead atoms. The highest BCUT2D eigenvalue weighted by molar-refractivity contribution is 6.07. The molecule has 0 aromatic heterocycles. The van der Waals surface area contributed by atoms with Gasteiger partial charge < -0.3 is 15.2 Å². The van der Waals surface area contributed by atoms with Crippen LogP contribution in [0.15, 0.2) is 48.5 Å². The van der Waals surface area contributed by atoms with Crippen molar-refractivity contribution < 1.29 is 28.2 Å². The monoisotopic (exact) mass is 486 g/mol. The van der Waals surface area contributed by atoms with E-state index in [4.69, 9.17) is 4.74 Å². The minimum absolute atomic E-state index is 0.0874. The molecule has 35 heavy (non-hydrogen) atoms. The Morgan fingerprint density at radius 2 is 1.57 bits per heavy atom. The second-order valence-corrected chi connectivity index (χ2v) is 10.8. The fourth-order valence-electron chi connectivity index (χ4n) is 5.80. The van der Waals surface area contributed by atoms with E-state index >= 15 is 0 Å². The number of imide groups is 1. The summed E-state index contributed by atoms with van der Waals surface area (Å²) in [5, 5.41) is 13.6. The molecule has 2 aromatic rings. The normalized spacial score (nSPS) is 24.8. The Labute approximate surface area is 204 Å². The number of β-amino-alcohol motifs (C(OH)–C–C–N with tert-alkyl or cyclic N) is 1. The van der Waals surface area contributed by atoms with Gasteiger partial charge in [-0.15, -0.1) is 0 Å². The lowest BCUT2D eigenvalue weighted by Crippen LogP contribution is -2.54. The molecule has 1 saturated carbocycles. The summed E-state index contributed by atoms with van der Waals surface area (Å²) >= 11 is 0. The smallest absolute Gasteiger partial charge is 0.325 e. The van der Waals surface area contributed by atoms with E-state index < -0.39 is 35.4 Å². The summed E-state index contributed by atoms with van der Waals surface area (Å²) in [6.07, 6.45) is 0.261. The van der Waals surface area contributed by atoms with Crippen LogP contribution in [0.25, 0.3) is 0 Å². The maximum absolute atomic E-state index is 13.4. The number of nitrogens with one attached hydrogen (secondary N) is 1. The number of carbonyl (C=O) groups is 2. The molecule has 3 atom stereocenters. The predicted molar refractivity (Wildman–Crippen MR) is 126 cm³/mol. The fraction of sp³-hybridized carbons (Fsp3) is 0.481. The van der Waals surface area contributed by atoms with Crippen LogP contribution in [0.3, 0.4) is 0 Å². The van der Waals surface area contributed by atoms with E-state index in [-0.39, 0.29) is 30.4 Å². The molecule has 1 spiro atoms. The van der Waals surface area contributed by atoms with Gasteiger partial charge in [-0.25, -0.2) is 13.6 Å². The highest BCUT2D eigenvalue weighted by atomic mass is 19.1. The van der Waals surface area contributed by atoms with Crippen molar-refractivity contribution in [3.8, 4) is 0 Å². The van der Waals surface area contributed by atoms with Gasteiger partial charge in [-0.3, -0.25) is 9.69 Å². The molecule has 3 amide bonds. The first kappa shape index (κ1) is 25.3. The highest BCUT2D eigenvalue weighted by Gasteiger charge is 2.56. The van der Waals surface area contributed by atoms with Crippen LogP contribution in [0.5, 0.6) is 0 Å². The van der Waals surface area contributed by atoms with Gasteiger partial charge in [0.25, 0.3) is 5.91 Å². The zero-order valence-electron chi connectivity index (χ0n) is 20.3. The maximum Gasteiger partial charge on any atom is 0.325 e. The fourth-order valence-corrected chi connectivity index (χ4v) is 5.80. The first-order chi connectivity index (χ1) is 16.5. The summed E-state index contributed by atoms with van der Waals surface area (Å²) in [5.74, 6) is -0.836. The molecule has 6 nitrogen and oxygen atoms in total. The lowest BCUT2D eigenvalue weighted by molar-refractivity contribution is -0.136. The number of ether oxygens (including phenoxy) is 1. The van der Waals surface area contributed by atoms with Crippen molar-refractivity contribution in [2.45, 2.75) is 57.8 Å². The third kappa shape index (κ3) is 5.54. The van der Waals surface area contributed by atoms with Crippen LogP contribution >= 0.6 is 0 Å². The summed E-state index contributed by atoms with van der Waals surface area (Å²) in [7, 11) is 0. The van der Waals surface area contributed by atoms with Gasteiger partial charge >= 0.3 is 6.03 Å². The first-order valence-corrected chi connectivity index (χ1v) is 11.9. The van der Waals surface area contributed by atoms with E-state index in [9.17, 15) is 23.5 Å². The van der Waals surface area contributed by atoms with Gasteiger partial charge in [0, 0.05) is 0 Å². The molecule has 2 N–H and O–H groups in total. The number of aliphatic hydroxyl groups excluding tert-OH is 1. The first-order valence-electron chi connectivity index (χ1n) is 11.9. The minimum atomic E-state index is -1.14. The summed E-state index contributed by atoms with van der Waals surface area (Å²) in [6.45, 7) is 5.88. The second kappa shape index (κ2) is 9.66. The van der Waals surface area contributed by atoms with Gasteiger partial charge in [0.1, 0.15) is 23.3 Å². The van der Waals surface area contributed by atoms with Crippen LogP contribution in [0.2, 0.25) is 0 Å². The molecule has 0 radical (unpaired) electrons. The van der Waals surface area contributed by atoms with Crippen LogP contribution in [0.1, 0.15) is 57.3 Å². The predicted octanol–water partition coefficient (Wildman–Crippen LogP) is 4.57. The van der Waals surface area contributed by atoms with E-state index in [1.807, 2.05) is 0 Å². The molecule has 2 fully saturated rings. The summed E-state index contributed by atoms with van der Waals surface area (Å²) in [5.41, 5.74) is 0.217. The SMILES string of the molecule is CC1CC(C)(C)CC2(C1)NC(=O)N(CC(O)COC(c1ccc(F)cc1)c1ccc(F)cc1)C2=O. The van der Waals surface area contributed by atoms with Crippen LogP contribution in [-0.4, -0.2) is 46.7 Å². The van der Waals surface area contributed by atoms with E-state index in [2.05, 4.69) is 26.1 Å². The Morgan fingerprint density at radius 3 is 2.09 bits per heavy atom. The zero-order chi connectivity index (χ0) is 25.4. The largest absolute Gasteiger partial charge is 0.389 e. The number of hydrogen-bond donors (Lipinski definition) is 2. The molecule has 2 aliphatic rings. The van der Waals surface area contributed by atoms with Crippen LogP contribution in [0.4, 0.5) is 13.6 Å². The number of urea groups is 1. The van der Waals surface area contributed by atoms with Crippen molar-refractivity contribution in [3.63, 3.8) is 0 Å². The van der Waals surface area contributed by atoms with Crippen molar-refractivity contribution in [1.82, 2.24) is 10.2 Å². The number of aliphatic hydroxyl groups is 1. The van der Waals surface area contributed by atoms with Gasteiger partial charge in [-0.2, -0.15) is 0 Å². The van der Waals surface area contributed by atoms with Gasteiger partial charge in [0.15, 0.2) is 0 Å². The molecule has 4 rings (SSSR count). The molecule has 1 aliphatic heterocycles. The average Bonchev–Trinajstić information content (AvgIpc) is 2.98. The Bertz CT molecular complexity index is 1030. The standard InChI is InChI=1S/C27H32F2N2O4/c1-17-12-26(2,3)16-27(13-17)24(33)31(25(34)30-27)14-22(32)15-35-23(18-4-8-20(28)9-5-18)19-6-10-21(29)11-7-19/h4-11,17,22-23,32H,12-16H2,1-3H3,(H,30,34). The third-order valence-corrected chi connectivity index (χ3v) is 6.82. The Morgan fingerprint density at radius 1 is 1.03 bits per heavy atom. The maximum atomic E-state index is 13.4. The summed E-state index contributed by atoms with van der Waals surface area (Å²) in [6, 6.07) is 10.9. The van der Waals surface area contributed by atoms with Crippen LogP contribution in [0, 0.1) is 23.0 Å². The lowest BCUT2D eigenvalue weighted by Gasteiger charge is -2.43. The molecular formula is C27H32F2N2O4. The molecule has 1 heterocycles. The molecule has 2 aromatic carbocycles. The van der Waals surface area contributed by atoms with Gasteiger partial charge in [0.2, 0.25) is 0 Å². The number of benzene rings is 2.